The number of carbonyl (C=O) groups is 1. The molecule has 0 aromatic heterocycles. The monoisotopic (exact) mass is 234 g/mol. The molecule has 1 amide bonds. The summed E-state index contributed by atoms with van der Waals surface area (Å²) >= 11 is 0. The molecule has 4 nitrogen and oxygen atoms in total. The third-order valence-corrected chi connectivity index (χ3v) is 2.86. The van der Waals surface area contributed by atoms with Crippen LogP contribution >= 0.6 is 0 Å². The van der Waals surface area contributed by atoms with Crippen molar-refractivity contribution in [3.63, 3.8) is 0 Å². The van der Waals surface area contributed by atoms with Crippen molar-refractivity contribution in [2.24, 2.45) is 0 Å². The highest BCUT2D eigenvalue weighted by atomic mass is 16.5. The van der Waals surface area contributed by atoms with Crippen LogP contribution < -0.4 is 15.0 Å². The Morgan fingerprint density at radius 1 is 1.53 bits per heavy atom. The molecule has 1 aliphatic rings. The number of hydrogen-bond acceptors (Lipinski definition) is 3. The molecule has 92 valence electrons. The number of nitrogens with zero attached hydrogens (tertiary/aromatic N) is 1. The van der Waals surface area contributed by atoms with Crippen molar-refractivity contribution in [1.29, 1.82) is 0 Å². The molecule has 1 saturated heterocycles. The first kappa shape index (κ1) is 11.9. The molecule has 0 saturated carbocycles. The van der Waals surface area contributed by atoms with E-state index < -0.39 is 0 Å². The molecule has 4 heteroatoms. The average molecular weight is 234 g/mol. The van der Waals surface area contributed by atoms with Crippen LogP contribution in [0, 0.1) is 0 Å². The molecule has 1 aromatic rings. The van der Waals surface area contributed by atoms with Crippen LogP contribution in [-0.2, 0) is 4.79 Å². The molecule has 1 atom stereocenters. The number of hydrogen-bond donors (Lipinski definition) is 1. The van der Waals surface area contributed by atoms with Gasteiger partial charge in [0.25, 0.3) is 0 Å². The number of piperazine rings is 1. The van der Waals surface area contributed by atoms with E-state index in [1.54, 1.807) is 0 Å². The summed E-state index contributed by atoms with van der Waals surface area (Å²) in [6.45, 7) is 6.01. The molecule has 0 spiro atoms. The van der Waals surface area contributed by atoms with Gasteiger partial charge in [-0.15, -0.1) is 0 Å². The smallest absolute Gasteiger partial charge is 0.243 e. The lowest BCUT2D eigenvalue weighted by molar-refractivity contribution is -0.121. The number of amides is 1. The Morgan fingerprint density at radius 3 is 3.12 bits per heavy atom. The van der Waals surface area contributed by atoms with Gasteiger partial charge in [-0.25, -0.2) is 0 Å². The molecule has 0 aliphatic carbocycles. The zero-order chi connectivity index (χ0) is 12.3. The summed E-state index contributed by atoms with van der Waals surface area (Å²) in [5.41, 5.74) is 0.911. The van der Waals surface area contributed by atoms with Gasteiger partial charge in [0, 0.05) is 24.8 Å². The Bertz CT molecular complexity index is 406. The number of benzene rings is 1. The van der Waals surface area contributed by atoms with Crippen LogP contribution in [0.5, 0.6) is 5.75 Å². The quantitative estimate of drug-likeness (QED) is 0.859. The van der Waals surface area contributed by atoms with E-state index in [0.717, 1.165) is 18.0 Å². The lowest BCUT2D eigenvalue weighted by Crippen LogP contribution is -2.53. The van der Waals surface area contributed by atoms with Gasteiger partial charge in [-0.3, -0.25) is 4.79 Å². The maximum Gasteiger partial charge on any atom is 0.243 e. The lowest BCUT2D eigenvalue weighted by atomic mass is 10.2. The van der Waals surface area contributed by atoms with Gasteiger partial charge >= 0.3 is 0 Å². The second-order valence-electron chi connectivity index (χ2n) is 4.10. The van der Waals surface area contributed by atoms with Crippen LogP contribution in [0.15, 0.2) is 24.3 Å². The number of nitrogens with one attached hydrogen (secondary N) is 1. The van der Waals surface area contributed by atoms with Gasteiger partial charge in [0.2, 0.25) is 5.91 Å². The van der Waals surface area contributed by atoms with E-state index >= 15 is 0 Å². The molecule has 1 aromatic carbocycles. The van der Waals surface area contributed by atoms with Gasteiger partial charge in [-0.1, -0.05) is 6.07 Å². The molecular formula is C13H18N2O2. The van der Waals surface area contributed by atoms with Crippen LogP contribution in [0.2, 0.25) is 0 Å². The Kier molecular flexibility index (Phi) is 3.64. The second kappa shape index (κ2) is 5.19. The highest BCUT2D eigenvalue weighted by Crippen LogP contribution is 2.22. The highest BCUT2D eigenvalue weighted by molar-refractivity contribution is 5.97. The highest BCUT2D eigenvalue weighted by Gasteiger charge is 2.25. The molecule has 0 radical (unpaired) electrons. The van der Waals surface area contributed by atoms with Crippen LogP contribution in [0.25, 0.3) is 0 Å². The maximum absolute atomic E-state index is 12.0. The predicted octanol–water partition coefficient (Wildman–Crippen LogP) is 1.41. The number of anilines is 1. The zero-order valence-electron chi connectivity index (χ0n) is 10.3. The number of carbonyl (C=O) groups excluding carboxylic acids is 1. The zero-order valence-corrected chi connectivity index (χ0v) is 10.3. The third-order valence-electron chi connectivity index (χ3n) is 2.86. The second-order valence-corrected chi connectivity index (χ2v) is 4.10. The maximum atomic E-state index is 12.0. The molecule has 1 N–H and O–H groups in total. The Morgan fingerprint density at radius 2 is 2.35 bits per heavy atom. The van der Waals surface area contributed by atoms with Gasteiger partial charge in [-0.05, 0) is 26.0 Å². The van der Waals surface area contributed by atoms with E-state index in [4.69, 9.17) is 4.74 Å². The van der Waals surface area contributed by atoms with E-state index in [-0.39, 0.29) is 11.9 Å². The van der Waals surface area contributed by atoms with E-state index in [1.165, 1.54) is 0 Å². The summed E-state index contributed by atoms with van der Waals surface area (Å²) in [6, 6.07) is 7.57. The summed E-state index contributed by atoms with van der Waals surface area (Å²) in [5, 5.41) is 3.15. The first-order chi connectivity index (χ1) is 8.22. The van der Waals surface area contributed by atoms with Crippen molar-refractivity contribution < 1.29 is 9.53 Å². The van der Waals surface area contributed by atoms with Gasteiger partial charge in [0.05, 0.1) is 12.6 Å². The van der Waals surface area contributed by atoms with Crippen molar-refractivity contribution in [1.82, 2.24) is 5.32 Å². The molecule has 1 heterocycles. The molecule has 1 unspecified atom stereocenters. The van der Waals surface area contributed by atoms with Crippen molar-refractivity contribution >= 4 is 11.6 Å². The van der Waals surface area contributed by atoms with Crippen LogP contribution in [0.3, 0.4) is 0 Å². The van der Waals surface area contributed by atoms with E-state index in [9.17, 15) is 4.79 Å². The number of ether oxygens (including phenoxy) is 1. The minimum atomic E-state index is -0.112. The summed E-state index contributed by atoms with van der Waals surface area (Å²) < 4.78 is 5.45. The Balaban J connectivity index is 2.20. The standard InChI is InChI=1S/C13H18N2O2/c1-3-17-12-6-4-5-11(9-12)15-8-7-14-10(2)13(15)16/h4-6,9-10,14H,3,7-8H2,1-2H3. The Labute approximate surface area is 102 Å². The fourth-order valence-electron chi connectivity index (χ4n) is 1.99. The summed E-state index contributed by atoms with van der Waals surface area (Å²) in [6.07, 6.45) is 0. The SMILES string of the molecule is CCOc1cccc(N2CCNC(C)C2=O)c1. The van der Waals surface area contributed by atoms with E-state index in [1.807, 2.05) is 43.0 Å². The van der Waals surface area contributed by atoms with Crippen molar-refractivity contribution in [3.05, 3.63) is 24.3 Å². The molecule has 1 aliphatic heterocycles. The first-order valence-electron chi connectivity index (χ1n) is 6.00. The van der Waals surface area contributed by atoms with E-state index in [0.29, 0.717) is 13.2 Å². The van der Waals surface area contributed by atoms with Crippen molar-refractivity contribution in [2.75, 3.05) is 24.6 Å². The first-order valence-corrected chi connectivity index (χ1v) is 6.00. The van der Waals surface area contributed by atoms with Gasteiger partial charge < -0.3 is 15.0 Å². The normalized spacial score (nSPS) is 20.5. The molecule has 2 rings (SSSR count). The number of rotatable bonds is 3. The summed E-state index contributed by atoms with van der Waals surface area (Å²) in [5.74, 6) is 0.925. The van der Waals surface area contributed by atoms with Gasteiger partial charge in [0.1, 0.15) is 5.75 Å². The largest absolute Gasteiger partial charge is 0.494 e. The fourth-order valence-corrected chi connectivity index (χ4v) is 1.99. The Hall–Kier alpha value is -1.55. The van der Waals surface area contributed by atoms with Crippen LogP contribution in [-0.4, -0.2) is 31.6 Å². The van der Waals surface area contributed by atoms with Gasteiger partial charge in [-0.2, -0.15) is 0 Å². The molecule has 0 bridgehead atoms. The van der Waals surface area contributed by atoms with Gasteiger partial charge in [0.15, 0.2) is 0 Å². The third kappa shape index (κ3) is 2.58. The molecular weight excluding hydrogens is 216 g/mol. The van der Waals surface area contributed by atoms with Crippen molar-refractivity contribution in [2.45, 2.75) is 19.9 Å². The van der Waals surface area contributed by atoms with Crippen LogP contribution in [0.1, 0.15) is 13.8 Å². The summed E-state index contributed by atoms with van der Waals surface area (Å²) in [7, 11) is 0. The van der Waals surface area contributed by atoms with Crippen molar-refractivity contribution in [3.8, 4) is 5.75 Å². The fraction of sp³-hybridized carbons (Fsp3) is 0.462. The molecule has 17 heavy (non-hydrogen) atoms. The average Bonchev–Trinajstić information content (AvgIpc) is 2.33. The molecule has 1 fully saturated rings. The van der Waals surface area contributed by atoms with E-state index in [2.05, 4.69) is 5.32 Å². The predicted molar refractivity (Wildman–Crippen MR) is 67.4 cm³/mol. The van der Waals surface area contributed by atoms with Crippen LogP contribution in [0.4, 0.5) is 5.69 Å². The lowest BCUT2D eigenvalue weighted by Gasteiger charge is -2.31. The summed E-state index contributed by atoms with van der Waals surface area (Å²) in [4.78, 5) is 13.8. The minimum absolute atomic E-state index is 0.112. The topological polar surface area (TPSA) is 41.6 Å². The minimum Gasteiger partial charge on any atom is -0.494 e.